The van der Waals surface area contributed by atoms with Crippen molar-refractivity contribution in [1.82, 2.24) is 5.32 Å². The molecule has 0 radical (unpaired) electrons. The molecule has 1 saturated carbocycles. The fourth-order valence-electron chi connectivity index (χ4n) is 2.77. The molecule has 1 aromatic rings. The second-order valence-electron chi connectivity index (χ2n) is 5.52. The molecule has 4 nitrogen and oxygen atoms in total. The molecule has 0 bridgehead atoms. The highest BCUT2D eigenvalue weighted by molar-refractivity contribution is 5.78. The third-order valence-electron chi connectivity index (χ3n) is 3.93. The second-order valence-corrected chi connectivity index (χ2v) is 5.52. The number of ether oxygens (including phenoxy) is 1. The van der Waals surface area contributed by atoms with Crippen molar-refractivity contribution >= 4 is 5.91 Å². The Balaban J connectivity index is 1.76. The normalized spacial score (nSPS) is 22.3. The largest absolute Gasteiger partial charge is 0.497 e. The number of carbonyl (C=O) groups is 1. The molecule has 1 aliphatic rings. The van der Waals surface area contributed by atoms with Crippen molar-refractivity contribution in [3.05, 3.63) is 29.8 Å². The van der Waals surface area contributed by atoms with Gasteiger partial charge >= 0.3 is 0 Å². The molecule has 20 heavy (non-hydrogen) atoms. The summed E-state index contributed by atoms with van der Waals surface area (Å²) in [6.07, 6.45) is 4.73. The van der Waals surface area contributed by atoms with E-state index in [1.54, 1.807) is 7.11 Å². The molecule has 2 rings (SSSR count). The van der Waals surface area contributed by atoms with E-state index in [9.17, 15) is 4.79 Å². The first kappa shape index (κ1) is 14.9. The Morgan fingerprint density at radius 1 is 1.45 bits per heavy atom. The molecule has 110 valence electrons. The van der Waals surface area contributed by atoms with Crippen LogP contribution in [0.25, 0.3) is 0 Å². The van der Waals surface area contributed by atoms with E-state index in [4.69, 9.17) is 10.5 Å². The van der Waals surface area contributed by atoms with Crippen LogP contribution in [-0.4, -0.2) is 25.6 Å². The lowest BCUT2D eigenvalue weighted by atomic mass is 9.85. The highest BCUT2D eigenvalue weighted by atomic mass is 16.5. The van der Waals surface area contributed by atoms with Crippen LogP contribution in [0.3, 0.4) is 0 Å². The Labute approximate surface area is 120 Å². The van der Waals surface area contributed by atoms with Crippen molar-refractivity contribution in [2.24, 2.45) is 11.7 Å². The zero-order chi connectivity index (χ0) is 14.4. The minimum Gasteiger partial charge on any atom is -0.497 e. The molecule has 3 N–H and O–H groups in total. The predicted molar refractivity (Wildman–Crippen MR) is 79.6 cm³/mol. The van der Waals surface area contributed by atoms with Crippen molar-refractivity contribution in [2.75, 3.05) is 13.7 Å². The van der Waals surface area contributed by atoms with E-state index >= 15 is 0 Å². The maximum Gasteiger partial charge on any atom is 0.223 e. The molecule has 1 aliphatic carbocycles. The molecule has 0 saturated heterocycles. The second kappa shape index (κ2) is 7.29. The van der Waals surface area contributed by atoms with Gasteiger partial charge in [0.1, 0.15) is 5.75 Å². The number of hydrogen-bond acceptors (Lipinski definition) is 3. The maximum atomic E-state index is 12.1. The molecule has 4 heteroatoms. The first-order chi connectivity index (χ1) is 9.69. The van der Waals surface area contributed by atoms with Crippen LogP contribution in [0.1, 0.15) is 31.2 Å². The molecule has 0 heterocycles. The van der Waals surface area contributed by atoms with E-state index in [2.05, 4.69) is 5.32 Å². The Kier molecular flexibility index (Phi) is 5.41. The summed E-state index contributed by atoms with van der Waals surface area (Å²) in [5.41, 5.74) is 7.09. The first-order valence-corrected chi connectivity index (χ1v) is 7.35. The van der Waals surface area contributed by atoms with Crippen LogP contribution in [-0.2, 0) is 11.2 Å². The number of benzene rings is 1. The van der Waals surface area contributed by atoms with Crippen molar-refractivity contribution < 1.29 is 9.53 Å². The molecule has 0 aliphatic heterocycles. The van der Waals surface area contributed by atoms with Crippen molar-refractivity contribution in [3.63, 3.8) is 0 Å². The summed E-state index contributed by atoms with van der Waals surface area (Å²) in [6, 6.07) is 8.13. The Morgan fingerprint density at radius 3 is 3.05 bits per heavy atom. The molecule has 0 aromatic heterocycles. The van der Waals surface area contributed by atoms with Gasteiger partial charge in [0.15, 0.2) is 0 Å². The van der Waals surface area contributed by atoms with E-state index in [0.29, 0.717) is 6.54 Å². The van der Waals surface area contributed by atoms with Gasteiger partial charge in [-0.1, -0.05) is 18.6 Å². The maximum absolute atomic E-state index is 12.1. The summed E-state index contributed by atoms with van der Waals surface area (Å²) in [7, 11) is 1.66. The first-order valence-electron chi connectivity index (χ1n) is 7.35. The highest BCUT2D eigenvalue weighted by Gasteiger charge is 2.24. The van der Waals surface area contributed by atoms with Crippen LogP contribution in [0.4, 0.5) is 0 Å². The van der Waals surface area contributed by atoms with Crippen LogP contribution in [0.5, 0.6) is 5.75 Å². The van der Waals surface area contributed by atoms with Gasteiger partial charge in [-0.05, 0) is 43.4 Å². The number of nitrogens with one attached hydrogen (secondary N) is 1. The zero-order valence-corrected chi connectivity index (χ0v) is 12.1. The van der Waals surface area contributed by atoms with Crippen LogP contribution < -0.4 is 15.8 Å². The van der Waals surface area contributed by atoms with Gasteiger partial charge in [0, 0.05) is 18.5 Å². The van der Waals surface area contributed by atoms with Crippen molar-refractivity contribution in [3.8, 4) is 5.75 Å². The molecule has 1 fully saturated rings. The van der Waals surface area contributed by atoms with E-state index < -0.39 is 0 Å². The fraction of sp³-hybridized carbons (Fsp3) is 0.562. The molecule has 2 unspecified atom stereocenters. The SMILES string of the molecule is COc1cccc(CCNC(=O)C2CCCC(N)C2)c1. The lowest BCUT2D eigenvalue weighted by molar-refractivity contribution is -0.126. The Hall–Kier alpha value is -1.55. The van der Waals surface area contributed by atoms with Gasteiger partial charge in [0.05, 0.1) is 7.11 Å². The van der Waals surface area contributed by atoms with E-state index in [0.717, 1.165) is 37.9 Å². The van der Waals surface area contributed by atoms with E-state index in [1.165, 1.54) is 5.56 Å². The average molecular weight is 276 g/mol. The van der Waals surface area contributed by atoms with Crippen LogP contribution >= 0.6 is 0 Å². The molecule has 2 atom stereocenters. The number of amides is 1. The summed E-state index contributed by atoms with van der Waals surface area (Å²) >= 11 is 0. The summed E-state index contributed by atoms with van der Waals surface area (Å²) in [6.45, 7) is 0.664. The average Bonchev–Trinajstić information content (AvgIpc) is 2.47. The number of hydrogen-bond donors (Lipinski definition) is 2. The number of nitrogens with two attached hydrogens (primary N) is 1. The minimum absolute atomic E-state index is 0.101. The summed E-state index contributed by atoms with van der Waals surface area (Å²) in [4.78, 5) is 12.1. The minimum atomic E-state index is 0.101. The third kappa shape index (κ3) is 4.23. The number of carbonyl (C=O) groups excluding carboxylic acids is 1. The zero-order valence-electron chi connectivity index (χ0n) is 12.1. The molecule has 1 aromatic carbocycles. The van der Waals surface area contributed by atoms with Gasteiger partial charge in [-0.15, -0.1) is 0 Å². The summed E-state index contributed by atoms with van der Waals surface area (Å²) < 4.78 is 5.19. The summed E-state index contributed by atoms with van der Waals surface area (Å²) in [5.74, 6) is 1.11. The predicted octanol–water partition coefficient (Wildman–Crippen LogP) is 1.87. The van der Waals surface area contributed by atoms with Crippen LogP contribution in [0.2, 0.25) is 0 Å². The fourth-order valence-corrected chi connectivity index (χ4v) is 2.77. The van der Waals surface area contributed by atoms with Crippen LogP contribution in [0.15, 0.2) is 24.3 Å². The number of methoxy groups -OCH3 is 1. The molecular weight excluding hydrogens is 252 g/mol. The van der Waals surface area contributed by atoms with Gasteiger partial charge in [-0.2, -0.15) is 0 Å². The number of rotatable bonds is 5. The third-order valence-corrected chi connectivity index (χ3v) is 3.93. The van der Waals surface area contributed by atoms with E-state index in [1.807, 2.05) is 24.3 Å². The van der Waals surface area contributed by atoms with Crippen molar-refractivity contribution in [1.29, 1.82) is 0 Å². The lowest BCUT2D eigenvalue weighted by Crippen LogP contribution is -2.38. The smallest absolute Gasteiger partial charge is 0.223 e. The monoisotopic (exact) mass is 276 g/mol. The van der Waals surface area contributed by atoms with Crippen molar-refractivity contribution in [2.45, 2.75) is 38.1 Å². The molecular formula is C16H24N2O2. The van der Waals surface area contributed by atoms with Crippen LogP contribution in [0, 0.1) is 5.92 Å². The lowest BCUT2D eigenvalue weighted by Gasteiger charge is -2.25. The van der Waals surface area contributed by atoms with Gasteiger partial charge in [-0.3, -0.25) is 4.79 Å². The molecule has 0 spiro atoms. The standard InChI is InChI=1S/C16H24N2O2/c1-20-15-7-2-4-12(10-15)8-9-18-16(19)13-5-3-6-14(17)11-13/h2,4,7,10,13-14H,3,5-6,8-9,11,17H2,1H3,(H,18,19). The van der Waals surface area contributed by atoms with Gasteiger partial charge < -0.3 is 15.8 Å². The topological polar surface area (TPSA) is 64.3 Å². The van der Waals surface area contributed by atoms with E-state index in [-0.39, 0.29) is 17.9 Å². The van der Waals surface area contributed by atoms with Gasteiger partial charge in [-0.25, -0.2) is 0 Å². The quantitative estimate of drug-likeness (QED) is 0.863. The Morgan fingerprint density at radius 2 is 2.30 bits per heavy atom. The summed E-state index contributed by atoms with van der Waals surface area (Å²) in [5, 5.41) is 3.02. The molecule has 1 amide bonds. The van der Waals surface area contributed by atoms with Gasteiger partial charge in [0.25, 0.3) is 0 Å². The highest BCUT2D eigenvalue weighted by Crippen LogP contribution is 2.23. The van der Waals surface area contributed by atoms with Gasteiger partial charge in [0.2, 0.25) is 5.91 Å². The Bertz CT molecular complexity index is 448.